The first kappa shape index (κ1) is 13.7. The summed E-state index contributed by atoms with van der Waals surface area (Å²) in [4.78, 5) is 11.8. The van der Waals surface area contributed by atoms with E-state index in [0.29, 0.717) is 17.7 Å². The van der Waals surface area contributed by atoms with Crippen molar-refractivity contribution < 1.29 is 13.9 Å². The Hall–Kier alpha value is -1.29. The minimum Gasteiger partial charge on any atom is -0.484 e. The van der Waals surface area contributed by atoms with Gasteiger partial charge in [-0.1, -0.05) is 18.0 Å². The number of hydrogen-bond acceptors (Lipinski definition) is 2. The Morgan fingerprint density at radius 1 is 1.40 bits per heavy atom. The molecule has 2 saturated carbocycles. The fourth-order valence-corrected chi connectivity index (χ4v) is 3.50. The van der Waals surface area contributed by atoms with Crippen LogP contribution in [0.3, 0.4) is 0 Å². The molecule has 0 aromatic heterocycles. The van der Waals surface area contributed by atoms with Crippen LogP contribution in [0.2, 0.25) is 5.02 Å². The quantitative estimate of drug-likeness (QED) is 0.927. The summed E-state index contributed by atoms with van der Waals surface area (Å²) in [7, 11) is 0. The van der Waals surface area contributed by atoms with Crippen LogP contribution in [-0.4, -0.2) is 18.6 Å². The van der Waals surface area contributed by atoms with E-state index in [1.165, 1.54) is 31.4 Å². The maximum Gasteiger partial charge on any atom is 0.258 e. The van der Waals surface area contributed by atoms with Crippen LogP contribution in [0.4, 0.5) is 4.39 Å². The molecular weight excluding hydrogens is 281 g/mol. The van der Waals surface area contributed by atoms with E-state index < -0.39 is 5.82 Å². The van der Waals surface area contributed by atoms with Gasteiger partial charge in [-0.25, -0.2) is 4.39 Å². The van der Waals surface area contributed by atoms with Gasteiger partial charge in [-0.2, -0.15) is 0 Å². The lowest BCUT2D eigenvalue weighted by Gasteiger charge is -2.22. The topological polar surface area (TPSA) is 38.3 Å². The third kappa shape index (κ3) is 2.90. The molecular formula is C15H17ClFNO2. The highest BCUT2D eigenvalue weighted by Gasteiger charge is 2.40. The molecule has 3 atom stereocenters. The molecule has 1 N–H and O–H groups in total. The first-order valence-electron chi connectivity index (χ1n) is 6.99. The Balaban J connectivity index is 1.48. The number of amides is 1. The molecule has 2 aliphatic rings. The third-order valence-corrected chi connectivity index (χ3v) is 4.65. The van der Waals surface area contributed by atoms with Gasteiger partial charge in [0.1, 0.15) is 11.6 Å². The highest BCUT2D eigenvalue weighted by atomic mass is 35.5. The molecule has 5 heteroatoms. The number of fused-ring (bicyclic) bond motifs is 2. The third-order valence-electron chi connectivity index (χ3n) is 4.35. The summed E-state index contributed by atoms with van der Waals surface area (Å²) >= 11 is 5.58. The summed E-state index contributed by atoms with van der Waals surface area (Å²) in [6.45, 7) is -0.0883. The second-order valence-electron chi connectivity index (χ2n) is 5.71. The van der Waals surface area contributed by atoms with Gasteiger partial charge >= 0.3 is 0 Å². The number of halogens is 2. The van der Waals surface area contributed by atoms with Crippen LogP contribution in [0.25, 0.3) is 0 Å². The van der Waals surface area contributed by atoms with Gasteiger partial charge in [0, 0.05) is 12.1 Å². The van der Waals surface area contributed by atoms with Crippen molar-refractivity contribution in [3.8, 4) is 5.75 Å². The van der Waals surface area contributed by atoms with Gasteiger partial charge in [0.05, 0.1) is 5.02 Å². The smallest absolute Gasteiger partial charge is 0.258 e. The van der Waals surface area contributed by atoms with Crippen LogP contribution < -0.4 is 10.1 Å². The van der Waals surface area contributed by atoms with E-state index in [2.05, 4.69) is 5.32 Å². The molecule has 108 valence electrons. The van der Waals surface area contributed by atoms with Crippen molar-refractivity contribution in [3.05, 3.63) is 29.0 Å². The van der Waals surface area contributed by atoms with Crippen molar-refractivity contribution in [3.63, 3.8) is 0 Å². The van der Waals surface area contributed by atoms with Crippen LogP contribution >= 0.6 is 11.6 Å². The summed E-state index contributed by atoms with van der Waals surface area (Å²) < 4.78 is 18.5. The number of nitrogens with one attached hydrogen (secondary N) is 1. The minimum atomic E-state index is -0.544. The predicted molar refractivity (Wildman–Crippen MR) is 74.3 cm³/mol. The van der Waals surface area contributed by atoms with E-state index in [-0.39, 0.29) is 17.5 Å². The molecule has 0 heterocycles. The standard InChI is InChI=1S/C15H17ClFNO2/c16-12-4-3-11(7-13(12)17)20-8-15(19)18-14-6-9-1-2-10(14)5-9/h3-4,7,9-10,14H,1-2,5-6,8H2,(H,18,19). The normalized spacial score (nSPS) is 27.6. The Morgan fingerprint density at radius 2 is 2.25 bits per heavy atom. The zero-order chi connectivity index (χ0) is 14.1. The first-order chi connectivity index (χ1) is 9.61. The summed E-state index contributed by atoms with van der Waals surface area (Å²) in [5, 5.41) is 3.07. The molecule has 3 unspecified atom stereocenters. The van der Waals surface area contributed by atoms with Crippen LogP contribution in [0.5, 0.6) is 5.75 Å². The van der Waals surface area contributed by atoms with E-state index >= 15 is 0 Å². The second-order valence-corrected chi connectivity index (χ2v) is 6.12. The molecule has 2 aliphatic carbocycles. The molecule has 1 aromatic rings. The zero-order valence-electron chi connectivity index (χ0n) is 11.1. The number of carbonyl (C=O) groups excluding carboxylic acids is 1. The summed E-state index contributed by atoms with van der Waals surface area (Å²) in [6.07, 6.45) is 4.86. The van der Waals surface area contributed by atoms with Crippen molar-refractivity contribution in [1.82, 2.24) is 5.32 Å². The van der Waals surface area contributed by atoms with Crippen molar-refractivity contribution in [2.75, 3.05) is 6.61 Å². The molecule has 0 spiro atoms. The molecule has 20 heavy (non-hydrogen) atoms. The maximum absolute atomic E-state index is 13.2. The molecule has 3 rings (SSSR count). The zero-order valence-corrected chi connectivity index (χ0v) is 11.8. The van der Waals surface area contributed by atoms with Crippen LogP contribution in [0.1, 0.15) is 25.7 Å². The largest absolute Gasteiger partial charge is 0.484 e. The molecule has 0 aliphatic heterocycles. The van der Waals surface area contributed by atoms with Crippen molar-refractivity contribution >= 4 is 17.5 Å². The van der Waals surface area contributed by atoms with Gasteiger partial charge in [0.25, 0.3) is 5.91 Å². The van der Waals surface area contributed by atoms with E-state index in [1.54, 1.807) is 6.07 Å². The molecule has 2 fully saturated rings. The molecule has 1 aromatic carbocycles. The minimum absolute atomic E-state index is 0.0452. The van der Waals surface area contributed by atoms with E-state index in [9.17, 15) is 9.18 Å². The van der Waals surface area contributed by atoms with Gasteiger partial charge in [-0.05, 0) is 43.2 Å². The molecule has 2 bridgehead atoms. The Morgan fingerprint density at radius 3 is 2.90 bits per heavy atom. The van der Waals surface area contributed by atoms with Crippen molar-refractivity contribution in [1.29, 1.82) is 0 Å². The lowest BCUT2D eigenvalue weighted by atomic mass is 9.95. The summed E-state index contributed by atoms with van der Waals surface area (Å²) in [6, 6.07) is 4.45. The average molecular weight is 298 g/mol. The number of benzene rings is 1. The number of ether oxygens (including phenoxy) is 1. The average Bonchev–Trinajstić information content (AvgIpc) is 3.02. The maximum atomic E-state index is 13.2. The number of hydrogen-bond donors (Lipinski definition) is 1. The van der Waals surface area contributed by atoms with Gasteiger partial charge < -0.3 is 10.1 Å². The lowest BCUT2D eigenvalue weighted by molar-refractivity contribution is -0.124. The number of carbonyl (C=O) groups is 1. The number of rotatable bonds is 4. The second kappa shape index (κ2) is 5.60. The summed E-state index contributed by atoms with van der Waals surface area (Å²) in [5.74, 6) is 1.05. The molecule has 0 radical (unpaired) electrons. The highest BCUT2D eigenvalue weighted by molar-refractivity contribution is 6.30. The molecule has 3 nitrogen and oxygen atoms in total. The van der Waals surface area contributed by atoms with Crippen molar-refractivity contribution in [2.24, 2.45) is 11.8 Å². The van der Waals surface area contributed by atoms with Crippen LogP contribution in [0.15, 0.2) is 18.2 Å². The Kier molecular flexibility index (Phi) is 3.83. The van der Waals surface area contributed by atoms with Gasteiger partial charge in [-0.15, -0.1) is 0 Å². The van der Waals surface area contributed by atoms with Crippen molar-refractivity contribution in [2.45, 2.75) is 31.7 Å². The SMILES string of the molecule is O=C(COc1ccc(Cl)c(F)c1)NC1CC2CCC1C2. The van der Waals surface area contributed by atoms with E-state index in [4.69, 9.17) is 16.3 Å². The van der Waals surface area contributed by atoms with Gasteiger partial charge in [0.2, 0.25) is 0 Å². The van der Waals surface area contributed by atoms with Gasteiger partial charge in [-0.3, -0.25) is 4.79 Å². The van der Waals surface area contributed by atoms with Crippen LogP contribution in [-0.2, 0) is 4.79 Å². The molecule has 0 saturated heterocycles. The summed E-state index contributed by atoms with van der Waals surface area (Å²) in [5.41, 5.74) is 0. The molecule has 1 amide bonds. The highest BCUT2D eigenvalue weighted by Crippen LogP contribution is 2.44. The fraction of sp³-hybridized carbons (Fsp3) is 0.533. The monoisotopic (exact) mass is 297 g/mol. The van der Waals surface area contributed by atoms with Crippen LogP contribution in [0, 0.1) is 17.7 Å². The Labute approximate surface area is 122 Å². The van der Waals surface area contributed by atoms with Gasteiger partial charge in [0.15, 0.2) is 6.61 Å². The van der Waals surface area contributed by atoms with E-state index in [0.717, 1.165) is 12.3 Å². The lowest BCUT2D eigenvalue weighted by Crippen LogP contribution is -2.40. The Bertz CT molecular complexity index is 523. The first-order valence-corrected chi connectivity index (χ1v) is 7.37. The fourth-order valence-electron chi connectivity index (χ4n) is 3.39. The predicted octanol–water partition coefficient (Wildman–Crippen LogP) is 3.16. The van der Waals surface area contributed by atoms with E-state index in [1.807, 2.05) is 0 Å².